The summed E-state index contributed by atoms with van der Waals surface area (Å²) in [6.45, 7) is 4.70. The van der Waals surface area contributed by atoms with Crippen molar-refractivity contribution in [3.8, 4) is 0 Å². The van der Waals surface area contributed by atoms with Gasteiger partial charge < -0.3 is 9.88 Å². The van der Waals surface area contributed by atoms with Crippen LogP contribution in [0.2, 0.25) is 0 Å². The molecule has 0 aromatic carbocycles. The van der Waals surface area contributed by atoms with E-state index >= 15 is 0 Å². The third-order valence-electron chi connectivity index (χ3n) is 2.40. The highest BCUT2D eigenvalue weighted by Gasteiger charge is 2.17. The molecule has 2 N–H and O–H groups in total. The predicted octanol–water partition coefficient (Wildman–Crippen LogP) is 0.696. The molecule has 1 rings (SSSR count). The maximum atomic E-state index is 11.6. The highest BCUT2D eigenvalue weighted by Crippen LogP contribution is 2.18. The summed E-state index contributed by atoms with van der Waals surface area (Å²) in [6, 6.07) is 1.94. The minimum atomic E-state index is -3.35. The van der Waals surface area contributed by atoms with Crippen molar-refractivity contribution >= 4 is 10.0 Å². The Morgan fingerprint density at radius 1 is 1.38 bits per heavy atom. The lowest BCUT2D eigenvalue weighted by Crippen LogP contribution is -2.17. The molecule has 0 radical (unpaired) electrons. The van der Waals surface area contributed by atoms with Crippen LogP contribution in [-0.2, 0) is 16.6 Å². The van der Waals surface area contributed by atoms with Gasteiger partial charge in [-0.2, -0.15) is 0 Å². The van der Waals surface area contributed by atoms with Crippen LogP contribution in [0.1, 0.15) is 25.6 Å². The number of rotatable bonds is 5. The van der Waals surface area contributed by atoms with E-state index in [4.69, 9.17) is 0 Å². The van der Waals surface area contributed by atoms with Crippen molar-refractivity contribution in [1.29, 1.82) is 0 Å². The van der Waals surface area contributed by atoms with Gasteiger partial charge >= 0.3 is 0 Å². The first-order chi connectivity index (χ1) is 7.42. The second-order valence-corrected chi connectivity index (χ2v) is 5.79. The molecule has 1 heterocycles. The molecule has 0 aliphatic heterocycles. The van der Waals surface area contributed by atoms with Crippen molar-refractivity contribution in [2.75, 3.05) is 14.1 Å². The van der Waals surface area contributed by atoms with Gasteiger partial charge in [0.1, 0.15) is 0 Å². The van der Waals surface area contributed by atoms with Crippen LogP contribution in [0.5, 0.6) is 0 Å². The first kappa shape index (κ1) is 13.2. The van der Waals surface area contributed by atoms with Crippen LogP contribution in [0, 0.1) is 0 Å². The van der Waals surface area contributed by atoms with E-state index in [1.54, 1.807) is 12.3 Å². The van der Waals surface area contributed by atoms with E-state index in [1.807, 2.05) is 25.5 Å². The third kappa shape index (κ3) is 2.63. The maximum absolute atomic E-state index is 11.6. The quantitative estimate of drug-likeness (QED) is 0.802. The second kappa shape index (κ2) is 4.99. The zero-order chi connectivity index (χ0) is 12.3. The summed E-state index contributed by atoms with van der Waals surface area (Å²) < 4.78 is 27.6. The Bertz CT molecular complexity index is 449. The van der Waals surface area contributed by atoms with Crippen LogP contribution in [0.3, 0.4) is 0 Å². The van der Waals surface area contributed by atoms with Gasteiger partial charge in [0.15, 0.2) is 0 Å². The molecule has 92 valence electrons. The van der Waals surface area contributed by atoms with Crippen LogP contribution >= 0.6 is 0 Å². The van der Waals surface area contributed by atoms with E-state index in [0.717, 1.165) is 5.69 Å². The third-order valence-corrected chi connectivity index (χ3v) is 3.78. The molecule has 1 aromatic rings. The summed E-state index contributed by atoms with van der Waals surface area (Å²) in [5.41, 5.74) is 0.964. The topological polar surface area (TPSA) is 63.1 Å². The Kier molecular flexibility index (Phi) is 4.12. The first-order valence-electron chi connectivity index (χ1n) is 5.21. The monoisotopic (exact) mass is 245 g/mol. The standard InChI is InChI=1S/C10H19N3O2S/c1-8(2)13-7-10(16(14,15)12-4)5-9(13)6-11-3/h5,7-8,11-12H,6H2,1-4H3. The summed E-state index contributed by atoms with van der Waals surface area (Å²) in [7, 11) is -0.0966. The minimum Gasteiger partial charge on any atom is -0.346 e. The fraction of sp³-hybridized carbons (Fsp3) is 0.600. The van der Waals surface area contributed by atoms with E-state index in [0.29, 0.717) is 11.4 Å². The summed E-state index contributed by atoms with van der Waals surface area (Å²) in [6.07, 6.45) is 1.67. The molecule has 0 spiro atoms. The largest absolute Gasteiger partial charge is 0.346 e. The van der Waals surface area contributed by atoms with Crippen molar-refractivity contribution in [2.45, 2.75) is 31.3 Å². The maximum Gasteiger partial charge on any atom is 0.241 e. The van der Waals surface area contributed by atoms with Gasteiger partial charge in [-0.15, -0.1) is 0 Å². The Balaban J connectivity index is 3.21. The number of nitrogens with one attached hydrogen (secondary N) is 2. The number of sulfonamides is 1. The van der Waals surface area contributed by atoms with Gasteiger partial charge in [-0.25, -0.2) is 13.1 Å². The van der Waals surface area contributed by atoms with E-state index < -0.39 is 10.0 Å². The molecular formula is C10H19N3O2S. The Morgan fingerprint density at radius 3 is 2.44 bits per heavy atom. The van der Waals surface area contributed by atoms with E-state index in [-0.39, 0.29) is 6.04 Å². The van der Waals surface area contributed by atoms with Gasteiger partial charge in [0.05, 0.1) is 4.90 Å². The smallest absolute Gasteiger partial charge is 0.241 e. The van der Waals surface area contributed by atoms with E-state index in [9.17, 15) is 8.42 Å². The van der Waals surface area contributed by atoms with E-state index in [1.165, 1.54) is 7.05 Å². The predicted molar refractivity (Wildman–Crippen MR) is 63.8 cm³/mol. The van der Waals surface area contributed by atoms with Crippen LogP contribution in [0.25, 0.3) is 0 Å². The zero-order valence-electron chi connectivity index (χ0n) is 10.1. The lowest BCUT2D eigenvalue weighted by molar-refractivity contribution is 0.561. The van der Waals surface area contributed by atoms with Gasteiger partial charge in [-0.05, 0) is 34.0 Å². The molecule has 0 saturated carbocycles. The number of nitrogens with zero attached hydrogens (tertiary/aromatic N) is 1. The Hall–Kier alpha value is -0.850. The molecule has 0 fully saturated rings. The fourth-order valence-corrected chi connectivity index (χ4v) is 2.34. The van der Waals surface area contributed by atoms with E-state index in [2.05, 4.69) is 10.0 Å². The average molecular weight is 245 g/mol. The Labute approximate surface area is 96.9 Å². The molecular weight excluding hydrogens is 226 g/mol. The van der Waals surface area contributed by atoms with Crippen LogP contribution in [-0.4, -0.2) is 27.1 Å². The van der Waals surface area contributed by atoms with Gasteiger partial charge in [0.2, 0.25) is 10.0 Å². The molecule has 1 aromatic heterocycles. The molecule has 0 aliphatic rings. The summed E-state index contributed by atoms with van der Waals surface area (Å²) >= 11 is 0. The minimum absolute atomic E-state index is 0.240. The van der Waals surface area contributed by atoms with Crippen molar-refractivity contribution in [1.82, 2.24) is 14.6 Å². The first-order valence-corrected chi connectivity index (χ1v) is 6.69. The van der Waals surface area contributed by atoms with Crippen molar-refractivity contribution in [3.63, 3.8) is 0 Å². The zero-order valence-corrected chi connectivity index (χ0v) is 10.9. The van der Waals surface area contributed by atoms with Crippen molar-refractivity contribution in [2.24, 2.45) is 0 Å². The second-order valence-electron chi connectivity index (χ2n) is 3.91. The number of hydrogen-bond acceptors (Lipinski definition) is 3. The number of aromatic nitrogens is 1. The van der Waals surface area contributed by atoms with Crippen molar-refractivity contribution < 1.29 is 8.42 Å². The average Bonchev–Trinajstić information content (AvgIpc) is 2.63. The summed E-state index contributed by atoms with van der Waals surface area (Å²) in [4.78, 5) is 0.314. The van der Waals surface area contributed by atoms with Crippen LogP contribution in [0.4, 0.5) is 0 Å². The highest BCUT2D eigenvalue weighted by atomic mass is 32.2. The molecule has 0 unspecified atom stereocenters. The fourth-order valence-electron chi connectivity index (χ4n) is 1.56. The highest BCUT2D eigenvalue weighted by molar-refractivity contribution is 7.89. The van der Waals surface area contributed by atoms with Crippen molar-refractivity contribution in [3.05, 3.63) is 18.0 Å². The SMILES string of the molecule is CNCc1cc(S(=O)(=O)NC)cn1C(C)C. The van der Waals surface area contributed by atoms with Crippen LogP contribution < -0.4 is 10.0 Å². The molecule has 6 heteroatoms. The Morgan fingerprint density at radius 2 is 2.00 bits per heavy atom. The molecule has 0 saturated heterocycles. The van der Waals surface area contributed by atoms with Gasteiger partial charge in [0, 0.05) is 24.5 Å². The lowest BCUT2D eigenvalue weighted by atomic mass is 10.3. The molecule has 0 aliphatic carbocycles. The molecule has 0 atom stereocenters. The molecule has 0 bridgehead atoms. The molecule has 0 amide bonds. The lowest BCUT2D eigenvalue weighted by Gasteiger charge is -2.11. The normalized spacial score (nSPS) is 12.3. The van der Waals surface area contributed by atoms with Gasteiger partial charge in [0.25, 0.3) is 0 Å². The molecule has 16 heavy (non-hydrogen) atoms. The van der Waals surface area contributed by atoms with Gasteiger partial charge in [-0.1, -0.05) is 0 Å². The number of hydrogen-bond donors (Lipinski definition) is 2. The summed E-state index contributed by atoms with van der Waals surface area (Å²) in [5.74, 6) is 0. The molecule has 5 nitrogen and oxygen atoms in total. The van der Waals surface area contributed by atoms with Gasteiger partial charge in [-0.3, -0.25) is 0 Å². The van der Waals surface area contributed by atoms with Crippen LogP contribution in [0.15, 0.2) is 17.2 Å². The summed E-state index contributed by atoms with van der Waals surface area (Å²) in [5, 5.41) is 3.03.